The zero-order valence-electron chi connectivity index (χ0n) is 49.4. The van der Waals surface area contributed by atoms with Gasteiger partial charge in [-0.3, -0.25) is 14.4 Å². The quantitative estimate of drug-likeness (QED) is 0.0343. The smallest absolute Gasteiger partial charge is 0.306 e. The molecule has 72 heavy (non-hydrogen) atoms. The Bertz CT molecular complexity index is 1090. The van der Waals surface area contributed by atoms with Gasteiger partial charge in [0.05, 0.1) is 0 Å². The van der Waals surface area contributed by atoms with E-state index in [1.807, 2.05) is 0 Å². The summed E-state index contributed by atoms with van der Waals surface area (Å²) in [5.41, 5.74) is 0. The van der Waals surface area contributed by atoms with Crippen molar-refractivity contribution in [2.75, 3.05) is 13.2 Å². The van der Waals surface area contributed by atoms with Crippen molar-refractivity contribution >= 4 is 17.9 Å². The summed E-state index contributed by atoms with van der Waals surface area (Å²) in [6.07, 6.45) is 68.2. The van der Waals surface area contributed by atoms with E-state index in [2.05, 4.69) is 27.7 Å². The number of hydrogen-bond acceptors (Lipinski definition) is 6. The minimum Gasteiger partial charge on any atom is -0.462 e. The number of carbonyl (C=O) groups is 3. The van der Waals surface area contributed by atoms with Crippen molar-refractivity contribution in [1.82, 2.24) is 0 Å². The van der Waals surface area contributed by atoms with Gasteiger partial charge in [-0.1, -0.05) is 342 Å². The molecule has 0 aliphatic carbocycles. The summed E-state index contributed by atoms with van der Waals surface area (Å²) >= 11 is 0. The molecule has 0 N–H and O–H groups in total. The van der Waals surface area contributed by atoms with Crippen LogP contribution in [0.4, 0.5) is 0 Å². The average Bonchev–Trinajstić information content (AvgIpc) is 3.37. The number of esters is 3. The van der Waals surface area contributed by atoms with Crippen LogP contribution in [0.1, 0.15) is 381 Å². The van der Waals surface area contributed by atoms with Crippen LogP contribution >= 0.6 is 0 Å². The van der Waals surface area contributed by atoms with E-state index in [9.17, 15) is 14.4 Å². The minimum atomic E-state index is -0.763. The Morgan fingerprint density at radius 1 is 0.264 bits per heavy atom. The maximum absolute atomic E-state index is 12.9. The van der Waals surface area contributed by atoms with Crippen LogP contribution in [0.3, 0.4) is 0 Å². The van der Waals surface area contributed by atoms with Crippen molar-refractivity contribution in [3.8, 4) is 0 Å². The van der Waals surface area contributed by atoms with Gasteiger partial charge in [-0.2, -0.15) is 0 Å². The molecule has 6 heteroatoms. The maximum atomic E-state index is 12.9. The van der Waals surface area contributed by atoms with Gasteiger partial charge in [0, 0.05) is 19.3 Å². The third kappa shape index (κ3) is 59.3. The number of unbranched alkanes of at least 4 members (excludes halogenated alkanes) is 48. The monoisotopic (exact) mass is 1020 g/mol. The summed E-state index contributed by atoms with van der Waals surface area (Å²) in [6.45, 7) is 9.11. The second kappa shape index (κ2) is 60.3. The van der Waals surface area contributed by atoms with E-state index in [1.165, 1.54) is 276 Å². The van der Waals surface area contributed by atoms with E-state index >= 15 is 0 Å². The summed E-state index contributed by atoms with van der Waals surface area (Å²) < 4.78 is 17.0. The number of hydrogen-bond donors (Lipinski definition) is 0. The van der Waals surface area contributed by atoms with E-state index in [1.54, 1.807) is 0 Å². The predicted molar refractivity (Wildman–Crippen MR) is 312 cm³/mol. The summed E-state index contributed by atoms with van der Waals surface area (Å²) in [7, 11) is 0. The molecule has 0 aliphatic heterocycles. The van der Waals surface area contributed by atoms with Gasteiger partial charge in [-0.15, -0.1) is 0 Å². The van der Waals surface area contributed by atoms with Crippen LogP contribution in [0.15, 0.2) is 0 Å². The molecule has 1 atom stereocenters. The van der Waals surface area contributed by atoms with E-state index in [0.29, 0.717) is 19.3 Å². The van der Waals surface area contributed by atoms with Crippen LogP contribution in [0.2, 0.25) is 0 Å². The Labute approximate surface area is 450 Å². The third-order valence-corrected chi connectivity index (χ3v) is 15.3. The highest BCUT2D eigenvalue weighted by Crippen LogP contribution is 2.19. The van der Waals surface area contributed by atoms with Gasteiger partial charge in [0.15, 0.2) is 6.10 Å². The highest BCUT2D eigenvalue weighted by molar-refractivity contribution is 5.71. The van der Waals surface area contributed by atoms with Crippen LogP contribution in [-0.2, 0) is 28.6 Å². The molecular formula is C66H128O6. The van der Waals surface area contributed by atoms with Gasteiger partial charge in [0.25, 0.3) is 0 Å². The molecule has 0 saturated heterocycles. The van der Waals surface area contributed by atoms with Gasteiger partial charge in [0.1, 0.15) is 13.2 Å². The lowest BCUT2D eigenvalue weighted by atomic mass is 10.0. The van der Waals surface area contributed by atoms with Crippen LogP contribution in [0.5, 0.6) is 0 Å². The third-order valence-electron chi connectivity index (χ3n) is 15.3. The molecule has 0 amide bonds. The molecule has 0 radical (unpaired) electrons. The first-order valence-electron chi connectivity index (χ1n) is 32.9. The fourth-order valence-corrected chi connectivity index (χ4v) is 10.3. The topological polar surface area (TPSA) is 78.9 Å². The van der Waals surface area contributed by atoms with Crippen molar-refractivity contribution < 1.29 is 28.6 Å². The fraction of sp³-hybridized carbons (Fsp3) is 0.955. The maximum Gasteiger partial charge on any atom is 0.306 e. The number of rotatable bonds is 61. The Kier molecular flexibility index (Phi) is 58.9. The Balaban J connectivity index is 4.27. The molecule has 0 aromatic rings. The van der Waals surface area contributed by atoms with Crippen molar-refractivity contribution in [3.05, 3.63) is 0 Å². The van der Waals surface area contributed by atoms with Gasteiger partial charge in [0.2, 0.25) is 0 Å². The lowest BCUT2D eigenvalue weighted by Gasteiger charge is -2.18. The lowest BCUT2D eigenvalue weighted by Crippen LogP contribution is -2.30. The molecule has 0 spiro atoms. The predicted octanol–water partition coefficient (Wildman–Crippen LogP) is 22.1. The lowest BCUT2D eigenvalue weighted by molar-refractivity contribution is -0.167. The number of ether oxygens (including phenoxy) is 3. The molecule has 0 unspecified atom stereocenters. The van der Waals surface area contributed by atoms with E-state index in [0.717, 1.165) is 63.7 Å². The van der Waals surface area contributed by atoms with Gasteiger partial charge >= 0.3 is 17.9 Å². The van der Waals surface area contributed by atoms with Crippen LogP contribution < -0.4 is 0 Å². The minimum absolute atomic E-state index is 0.0609. The Hall–Kier alpha value is -1.59. The molecule has 0 rings (SSSR count). The van der Waals surface area contributed by atoms with Gasteiger partial charge < -0.3 is 14.2 Å². The fourth-order valence-electron chi connectivity index (χ4n) is 10.3. The molecule has 0 aliphatic rings. The molecule has 0 heterocycles. The van der Waals surface area contributed by atoms with Crippen molar-refractivity contribution in [2.24, 2.45) is 5.92 Å². The van der Waals surface area contributed by atoms with Crippen molar-refractivity contribution in [2.45, 2.75) is 387 Å². The normalized spacial score (nSPS) is 12.0. The van der Waals surface area contributed by atoms with Gasteiger partial charge in [-0.25, -0.2) is 0 Å². The second-order valence-electron chi connectivity index (χ2n) is 23.2. The first-order valence-corrected chi connectivity index (χ1v) is 32.9. The van der Waals surface area contributed by atoms with Crippen LogP contribution in [0, 0.1) is 5.92 Å². The standard InChI is InChI=1S/C66H128O6/c1-5-7-9-11-13-15-17-19-21-22-26-30-34-38-42-46-50-54-58-65(68)71-61-63(60-70-64(67)57-53-49-45-41-37-33-28-20-18-16-14-12-10-8-6-2)72-66(69)59-55-51-47-43-39-35-31-27-24-23-25-29-32-36-40-44-48-52-56-62(3)4/h62-63H,5-61H2,1-4H3/t63-/m1/s1. The molecule has 6 nitrogen and oxygen atoms in total. The van der Waals surface area contributed by atoms with E-state index in [4.69, 9.17) is 14.2 Å². The molecule has 0 aromatic carbocycles. The summed E-state index contributed by atoms with van der Waals surface area (Å²) in [5, 5.41) is 0. The van der Waals surface area contributed by atoms with Crippen molar-refractivity contribution in [3.63, 3.8) is 0 Å². The van der Waals surface area contributed by atoms with Gasteiger partial charge in [-0.05, 0) is 25.2 Å². The SMILES string of the molecule is CCCCCCCCCCCCCCCCCCCCC(=O)OC[C@@H](COC(=O)CCCCCCCCCCCCCCCCC)OC(=O)CCCCCCCCCCCCCCCCCCCCC(C)C. The highest BCUT2D eigenvalue weighted by Gasteiger charge is 2.19. The molecule has 0 bridgehead atoms. The summed E-state index contributed by atoms with van der Waals surface area (Å²) in [4.78, 5) is 38.3. The highest BCUT2D eigenvalue weighted by atomic mass is 16.6. The van der Waals surface area contributed by atoms with Crippen molar-refractivity contribution in [1.29, 1.82) is 0 Å². The molecule has 428 valence electrons. The van der Waals surface area contributed by atoms with E-state index < -0.39 is 6.10 Å². The summed E-state index contributed by atoms with van der Waals surface area (Å²) in [6, 6.07) is 0. The molecule has 0 fully saturated rings. The van der Waals surface area contributed by atoms with Crippen LogP contribution in [0.25, 0.3) is 0 Å². The Morgan fingerprint density at radius 2 is 0.458 bits per heavy atom. The first-order chi connectivity index (χ1) is 35.4. The zero-order chi connectivity index (χ0) is 52.3. The molecule has 0 saturated carbocycles. The van der Waals surface area contributed by atoms with Crippen LogP contribution in [-0.4, -0.2) is 37.2 Å². The molecule has 0 aromatic heterocycles. The average molecular weight is 1020 g/mol. The molecular weight excluding hydrogens is 889 g/mol. The van der Waals surface area contributed by atoms with E-state index in [-0.39, 0.29) is 31.1 Å². The second-order valence-corrected chi connectivity index (χ2v) is 23.2. The largest absolute Gasteiger partial charge is 0.462 e. The number of carbonyl (C=O) groups excluding carboxylic acids is 3. The first kappa shape index (κ1) is 70.4. The summed E-state index contributed by atoms with van der Waals surface area (Å²) in [5.74, 6) is 0.0334. The zero-order valence-corrected chi connectivity index (χ0v) is 49.4. The Morgan fingerprint density at radius 3 is 0.681 bits per heavy atom.